The fourth-order valence-corrected chi connectivity index (χ4v) is 1.50. The summed E-state index contributed by atoms with van der Waals surface area (Å²) in [6.45, 7) is 1.96. The molecule has 0 spiro atoms. The molecule has 6 nitrogen and oxygen atoms in total. The van der Waals surface area contributed by atoms with Crippen LogP contribution < -0.4 is 5.73 Å². The number of aromatic nitrogens is 1. The molecule has 2 rings (SSSR count). The normalized spacial score (nSPS) is 10.5. The van der Waals surface area contributed by atoms with E-state index in [1.807, 2.05) is 0 Å². The van der Waals surface area contributed by atoms with Crippen molar-refractivity contribution in [2.75, 3.05) is 0 Å². The van der Waals surface area contributed by atoms with E-state index in [2.05, 4.69) is 5.16 Å². The maximum atomic E-state index is 10.8. The van der Waals surface area contributed by atoms with Crippen molar-refractivity contribution in [2.24, 2.45) is 5.73 Å². The third-order valence-electron chi connectivity index (χ3n) is 2.46. The molecule has 0 bridgehead atoms. The van der Waals surface area contributed by atoms with Gasteiger partial charge < -0.3 is 10.3 Å². The van der Waals surface area contributed by atoms with Gasteiger partial charge in [-0.3, -0.25) is 10.1 Å². The molecule has 1 aromatic carbocycles. The van der Waals surface area contributed by atoms with Gasteiger partial charge in [0, 0.05) is 29.8 Å². The summed E-state index contributed by atoms with van der Waals surface area (Å²) >= 11 is 0. The van der Waals surface area contributed by atoms with Gasteiger partial charge in [0.15, 0.2) is 5.76 Å². The van der Waals surface area contributed by atoms with Gasteiger partial charge in [0.05, 0.1) is 10.6 Å². The lowest BCUT2D eigenvalue weighted by Gasteiger charge is -1.99. The standard InChI is InChI=1S/C11H11N3O3/c1-7-2-3-8(4-10(7)14(15)16)11-5-9(6-12)13-17-11/h2-5H,6,12H2,1H3. The Hall–Kier alpha value is -2.21. The highest BCUT2D eigenvalue weighted by atomic mass is 16.6. The van der Waals surface area contributed by atoms with Crippen LogP contribution in [0.2, 0.25) is 0 Å². The van der Waals surface area contributed by atoms with Crippen molar-refractivity contribution in [1.82, 2.24) is 5.16 Å². The topological polar surface area (TPSA) is 95.2 Å². The van der Waals surface area contributed by atoms with Gasteiger partial charge in [-0.25, -0.2) is 0 Å². The maximum Gasteiger partial charge on any atom is 0.273 e. The van der Waals surface area contributed by atoms with E-state index >= 15 is 0 Å². The van der Waals surface area contributed by atoms with Crippen LogP contribution in [0.5, 0.6) is 0 Å². The molecule has 0 unspecified atom stereocenters. The van der Waals surface area contributed by atoms with Crippen LogP contribution in [-0.4, -0.2) is 10.1 Å². The zero-order chi connectivity index (χ0) is 12.4. The number of nitrogens with zero attached hydrogens (tertiary/aromatic N) is 2. The molecular weight excluding hydrogens is 222 g/mol. The van der Waals surface area contributed by atoms with Crippen molar-refractivity contribution >= 4 is 5.69 Å². The molecule has 1 aromatic heterocycles. The molecule has 0 aliphatic heterocycles. The van der Waals surface area contributed by atoms with Crippen LogP contribution in [0.25, 0.3) is 11.3 Å². The molecule has 6 heteroatoms. The number of aryl methyl sites for hydroxylation is 1. The first kappa shape index (κ1) is 11.3. The highest BCUT2D eigenvalue weighted by Crippen LogP contribution is 2.27. The maximum absolute atomic E-state index is 10.8. The van der Waals surface area contributed by atoms with E-state index in [9.17, 15) is 10.1 Å². The molecule has 0 fully saturated rings. The molecule has 0 atom stereocenters. The second-order valence-electron chi connectivity index (χ2n) is 3.64. The Morgan fingerprint density at radius 3 is 2.82 bits per heavy atom. The minimum atomic E-state index is -0.418. The van der Waals surface area contributed by atoms with Gasteiger partial charge in [-0.15, -0.1) is 0 Å². The van der Waals surface area contributed by atoms with Crippen LogP contribution in [0.1, 0.15) is 11.3 Å². The fourth-order valence-electron chi connectivity index (χ4n) is 1.50. The lowest BCUT2D eigenvalue weighted by molar-refractivity contribution is -0.385. The first-order chi connectivity index (χ1) is 8.11. The van der Waals surface area contributed by atoms with Crippen molar-refractivity contribution < 1.29 is 9.45 Å². The lowest BCUT2D eigenvalue weighted by Crippen LogP contribution is -1.94. The molecule has 0 saturated heterocycles. The third-order valence-corrected chi connectivity index (χ3v) is 2.46. The van der Waals surface area contributed by atoms with Crippen LogP contribution in [-0.2, 0) is 6.54 Å². The molecular formula is C11H11N3O3. The van der Waals surface area contributed by atoms with Crippen LogP contribution in [0, 0.1) is 17.0 Å². The summed E-state index contributed by atoms with van der Waals surface area (Å²) in [6, 6.07) is 6.58. The zero-order valence-corrected chi connectivity index (χ0v) is 9.21. The molecule has 0 amide bonds. The predicted octanol–water partition coefficient (Wildman–Crippen LogP) is 2.02. The summed E-state index contributed by atoms with van der Waals surface area (Å²) in [7, 11) is 0. The van der Waals surface area contributed by atoms with Crippen molar-refractivity contribution in [3.8, 4) is 11.3 Å². The van der Waals surface area contributed by atoms with Crippen molar-refractivity contribution in [3.05, 3.63) is 45.6 Å². The molecule has 0 aliphatic carbocycles. The van der Waals surface area contributed by atoms with E-state index in [1.54, 1.807) is 25.1 Å². The minimum absolute atomic E-state index is 0.0631. The van der Waals surface area contributed by atoms with Crippen LogP contribution in [0.4, 0.5) is 5.69 Å². The van der Waals surface area contributed by atoms with Gasteiger partial charge in [0.25, 0.3) is 5.69 Å². The number of nitrogens with two attached hydrogens (primary N) is 1. The average Bonchev–Trinajstić information content (AvgIpc) is 2.78. The van der Waals surface area contributed by atoms with E-state index in [-0.39, 0.29) is 12.2 Å². The highest BCUT2D eigenvalue weighted by Gasteiger charge is 2.14. The highest BCUT2D eigenvalue weighted by molar-refractivity contribution is 5.62. The van der Waals surface area contributed by atoms with E-state index in [1.165, 1.54) is 6.07 Å². The number of hydrogen-bond donors (Lipinski definition) is 1. The number of nitro benzene ring substituents is 1. The minimum Gasteiger partial charge on any atom is -0.356 e. The molecule has 0 aliphatic rings. The molecule has 0 radical (unpaired) electrons. The Balaban J connectivity index is 2.46. The largest absolute Gasteiger partial charge is 0.356 e. The van der Waals surface area contributed by atoms with Gasteiger partial charge in [-0.05, 0) is 6.92 Å². The fraction of sp³-hybridized carbons (Fsp3) is 0.182. The SMILES string of the molecule is Cc1ccc(-c2cc(CN)no2)cc1[N+](=O)[O-]. The van der Waals surface area contributed by atoms with Gasteiger partial charge in [0.2, 0.25) is 0 Å². The summed E-state index contributed by atoms with van der Waals surface area (Å²) in [4.78, 5) is 10.4. The van der Waals surface area contributed by atoms with E-state index < -0.39 is 4.92 Å². The van der Waals surface area contributed by atoms with Crippen molar-refractivity contribution in [1.29, 1.82) is 0 Å². The second-order valence-corrected chi connectivity index (χ2v) is 3.64. The van der Waals surface area contributed by atoms with Gasteiger partial charge in [0.1, 0.15) is 0 Å². The number of rotatable bonds is 3. The van der Waals surface area contributed by atoms with E-state index in [4.69, 9.17) is 10.3 Å². The molecule has 2 N–H and O–H groups in total. The number of benzene rings is 1. The average molecular weight is 233 g/mol. The summed E-state index contributed by atoms with van der Waals surface area (Å²) < 4.78 is 5.06. The van der Waals surface area contributed by atoms with Gasteiger partial charge in [-0.2, -0.15) is 0 Å². The molecule has 2 aromatic rings. The van der Waals surface area contributed by atoms with Gasteiger partial charge in [-0.1, -0.05) is 17.3 Å². The quantitative estimate of drug-likeness (QED) is 0.646. The Morgan fingerprint density at radius 2 is 2.24 bits per heavy atom. The first-order valence-corrected chi connectivity index (χ1v) is 5.03. The summed E-state index contributed by atoms with van der Waals surface area (Å²) in [5.41, 5.74) is 7.32. The Labute approximate surface area is 97.2 Å². The predicted molar refractivity (Wildman–Crippen MR) is 61.2 cm³/mol. The first-order valence-electron chi connectivity index (χ1n) is 5.03. The van der Waals surface area contributed by atoms with Crippen LogP contribution >= 0.6 is 0 Å². The third kappa shape index (κ3) is 2.16. The molecule has 17 heavy (non-hydrogen) atoms. The van der Waals surface area contributed by atoms with Crippen molar-refractivity contribution in [2.45, 2.75) is 13.5 Å². The lowest BCUT2D eigenvalue weighted by atomic mass is 10.1. The smallest absolute Gasteiger partial charge is 0.273 e. The van der Waals surface area contributed by atoms with Gasteiger partial charge >= 0.3 is 0 Å². The van der Waals surface area contributed by atoms with Crippen molar-refractivity contribution in [3.63, 3.8) is 0 Å². The monoisotopic (exact) mass is 233 g/mol. The molecule has 0 saturated carbocycles. The molecule has 88 valence electrons. The Kier molecular flexibility index (Phi) is 2.88. The Morgan fingerprint density at radius 1 is 1.47 bits per heavy atom. The number of hydrogen-bond acceptors (Lipinski definition) is 5. The van der Waals surface area contributed by atoms with E-state index in [0.717, 1.165) is 0 Å². The van der Waals surface area contributed by atoms with Crippen LogP contribution in [0.3, 0.4) is 0 Å². The number of nitro groups is 1. The zero-order valence-electron chi connectivity index (χ0n) is 9.21. The second kappa shape index (κ2) is 4.34. The van der Waals surface area contributed by atoms with Crippen LogP contribution in [0.15, 0.2) is 28.8 Å². The summed E-state index contributed by atoms with van der Waals surface area (Å²) in [5.74, 6) is 0.480. The summed E-state index contributed by atoms with van der Waals surface area (Å²) in [6.07, 6.45) is 0. The van der Waals surface area contributed by atoms with E-state index in [0.29, 0.717) is 22.6 Å². The summed E-state index contributed by atoms with van der Waals surface area (Å²) in [5, 5.41) is 14.5. The molecule has 1 heterocycles. The Bertz CT molecular complexity index is 563.